The van der Waals surface area contributed by atoms with Crippen molar-refractivity contribution < 1.29 is 4.79 Å². The predicted octanol–water partition coefficient (Wildman–Crippen LogP) is 5.23. The first kappa shape index (κ1) is 23.8. The molecule has 3 aromatic heterocycles. The fraction of sp³-hybridized carbons (Fsp3) is 0.214. The van der Waals surface area contributed by atoms with E-state index in [1.165, 1.54) is 11.8 Å². The van der Waals surface area contributed by atoms with E-state index in [-0.39, 0.29) is 17.1 Å². The van der Waals surface area contributed by atoms with Gasteiger partial charge in [0.05, 0.1) is 22.3 Å². The number of para-hydroxylation sites is 2. The molecule has 0 fully saturated rings. The van der Waals surface area contributed by atoms with E-state index >= 15 is 0 Å². The number of allylic oxidation sites excluding steroid dienone is 1. The topological polar surface area (TPSA) is 74.2 Å². The second-order valence-electron chi connectivity index (χ2n) is 8.91. The van der Waals surface area contributed by atoms with Crippen molar-refractivity contribution in [2.24, 2.45) is 0 Å². The van der Waals surface area contributed by atoms with Gasteiger partial charge in [-0.15, -0.1) is 16.8 Å². The number of carbonyl (C=O) groups excluding carboxylic acids is 1. The smallest absolute Gasteiger partial charge is 0.267 e. The number of rotatable bonds is 7. The lowest BCUT2D eigenvalue weighted by atomic mass is 10.1. The molecule has 0 aliphatic heterocycles. The highest BCUT2D eigenvalue weighted by Crippen LogP contribution is 2.27. The van der Waals surface area contributed by atoms with Crippen molar-refractivity contribution in [2.45, 2.75) is 39.4 Å². The third-order valence-corrected chi connectivity index (χ3v) is 7.50. The van der Waals surface area contributed by atoms with Crippen LogP contribution >= 0.6 is 11.8 Å². The second-order valence-corrected chi connectivity index (χ2v) is 9.85. The van der Waals surface area contributed by atoms with Crippen LogP contribution in [0.5, 0.6) is 0 Å². The van der Waals surface area contributed by atoms with E-state index < -0.39 is 0 Å². The summed E-state index contributed by atoms with van der Waals surface area (Å²) in [5.41, 5.74) is 5.96. The Bertz CT molecular complexity index is 1700. The fourth-order valence-corrected chi connectivity index (χ4v) is 5.66. The molecule has 7 nitrogen and oxygen atoms in total. The zero-order valence-electron chi connectivity index (χ0n) is 20.8. The molecule has 0 aliphatic rings. The maximum absolute atomic E-state index is 13.6. The Labute approximate surface area is 213 Å². The van der Waals surface area contributed by atoms with Gasteiger partial charge in [0.2, 0.25) is 5.78 Å². The van der Waals surface area contributed by atoms with Gasteiger partial charge in [-0.25, -0.2) is 4.57 Å². The molecule has 0 saturated carbocycles. The fourth-order valence-electron chi connectivity index (χ4n) is 4.83. The van der Waals surface area contributed by atoms with E-state index in [0.29, 0.717) is 33.9 Å². The Hall–Kier alpha value is -3.91. The van der Waals surface area contributed by atoms with Crippen molar-refractivity contribution in [3.05, 3.63) is 99.6 Å². The first-order valence-corrected chi connectivity index (χ1v) is 12.7. The van der Waals surface area contributed by atoms with Crippen molar-refractivity contribution in [1.29, 1.82) is 0 Å². The van der Waals surface area contributed by atoms with Gasteiger partial charge in [-0.3, -0.25) is 14.0 Å². The lowest BCUT2D eigenvalue weighted by Gasteiger charge is -2.15. The summed E-state index contributed by atoms with van der Waals surface area (Å²) in [7, 11) is 0. The molecule has 0 bridgehead atoms. The number of hydrogen-bond donors (Lipinski definition) is 0. The minimum Gasteiger partial charge on any atom is -0.345 e. The molecule has 3 heterocycles. The molecule has 0 radical (unpaired) electrons. The van der Waals surface area contributed by atoms with Crippen LogP contribution < -0.4 is 5.56 Å². The van der Waals surface area contributed by atoms with Gasteiger partial charge in [0.25, 0.3) is 5.56 Å². The second kappa shape index (κ2) is 9.28. The Morgan fingerprint density at radius 1 is 1.03 bits per heavy atom. The van der Waals surface area contributed by atoms with Gasteiger partial charge in [0.15, 0.2) is 10.9 Å². The van der Waals surface area contributed by atoms with Crippen LogP contribution in [0, 0.1) is 27.7 Å². The Balaban J connectivity index is 1.62. The Kier molecular flexibility index (Phi) is 6.14. The largest absolute Gasteiger partial charge is 0.345 e. The van der Waals surface area contributed by atoms with Crippen LogP contribution in [-0.2, 0) is 6.54 Å². The maximum Gasteiger partial charge on any atom is 0.267 e. The Morgan fingerprint density at radius 2 is 1.75 bits per heavy atom. The molecule has 5 aromatic rings. The van der Waals surface area contributed by atoms with Gasteiger partial charge < -0.3 is 4.57 Å². The van der Waals surface area contributed by atoms with Gasteiger partial charge >= 0.3 is 0 Å². The van der Waals surface area contributed by atoms with Gasteiger partial charge in [-0.05, 0) is 57.0 Å². The summed E-state index contributed by atoms with van der Waals surface area (Å²) >= 11 is 1.32. The third kappa shape index (κ3) is 3.78. The molecule has 0 atom stereocenters. The number of ketones is 1. The monoisotopic (exact) mass is 497 g/mol. The van der Waals surface area contributed by atoms with Gasteiger partial charge in [0, 0.05) is 23.5 Å². The number of aromatic nitrogens is 5. The van der Waals surface area contributed by atoms with Crippen LogP contribution in [0.4, 0.5) is 0 Å². The number of benzene rings is 2. The number of carbonyl (C=O) groups is 1. The van der Waals surface area contributed by atoms with Crippen LogP contribution in [0.15, 0.2) is 71.1 Å². The van der Waals surface area contributed by atoms with Crippen molar-refractivity contribution in [1.82, 2.24) is 23.7 Å². The third-order valence-electron chi connectivity index (χ3n) is 6.58. The molecule has 0 saturated heterocycles. The minimum absolute atomic E-state index is 0.0209. The lowest BCUT2D eigenvalue weighted by Crippen LogP contribution is -2.23. The number of nitrogens with zero attached hydrogens (tertiary/aromatic N) is 5. The molecule has 0 N–H and O–H groups in total. The summed E-state index contributed by atoms with van der Waals surface area (Å²) in [6, 6.07) is 15.3. The standard InChI is InChI=1S/C28H27N5O2S/c1-6-14-31-19(4)15-22(20(31)5)24(34)16-36-28-30-29-27-32(28)23-13-8-7-12-21(23)26(35)33(27)25-17(2)10-9-11-18(25)3/h6-13,15H,1,14,16H2,2-5H3. The molecular formula is C28H27N5O2S. The molecule has 0 aliphatic carbocycles. The van der Waals surface area contributed by atoms with E-state index in [4.69, 9.17) is 0 Å². The van der Waals surface area contributed by atoms with Crippen molar-refractivity contribution in [3.8, 4) is 5.69 Å². The molecule has 0 amide bonds. The van der Waals surface area contributed by atoms with E-state index in [0.717, 1.165) is 28.2 Å². The summed E-state index contributed by atoms with van der Waals surface area (Å²) in [6.07, 6.45) is 1.83. The molecule has 182 valence electrons. The molecule has 8 heteroatoms. The molecule has 0 spiro atoms. The van der Waals surface area contributed by atoms with Gasteiger partial charge in [-0.2, -0.15) is 0 Å². The zero-order chi connectivity index (χ0) is 25.6. The minimum atomic E-state index is -0.148. The maximum atomic E-state index is 13.6. The van der Waals surface area contributed by atoms with Crippen molar-refractivity contribution in [3.63, 3.8) is 0 Å². The van der Waals surface area contributed by atoms with Crippen LogP contribution in [0.2, 0.25) is 0 Å². The number of Topliss-reactive ketones (excluding diaryl/α,β-unsaturated/α-hetero) is 1. The number of hydrogen-bond acceptors (Lipinski definition) is 5. The normalized spacial score (nSPS) is 11.4. The SMILES string of the molecule is C=CCn1c(C)cc(C(=O)CSc2nnc3n(-c4c(C)cccc4C)c(=O)c4ccccc4n23)c1C. The summed E-state index contributed by atoms with van der Waals surface area (Å²) in [5, 5.41) is 9.97. The summed E-state index contributed by atoms with van der Waals surface area (Å²) in [4.78, 5) is 26.8. The van der Waals surface area contributed by atoms with E-state index in [9.17, 15) is 9.59 Å². The lowest BCUT2D eigenvalue weighted by molar-refractivity contribution is 0.102. The molecule has 5 rings (SSSR count). The van der Waals surface area contributed by atoms with Crippen LogP contribution in [0.3, 0.4) is 0 Å². The average molecular weight is 498 g/mol. The van der Waals surface area contributed by atoms with Crippen LogP contribution in [0.25, 0.3) is 22.4 Å². The van der Waals surface area contributed by atoms with E-state index in [2.05, 4.69) is 21.3 Å². The quantitative estimate of drug-likeness (QED) is 0.175. The molecule has 0 unspecified atom stereocenters. The Morgan fingerprint density at radius 3 is 2.47 bits per heavy atom. The summed E-state index contributed by atoms with van der Waals surface area (Å²) in [6.45, 7) is 12.4. The highest BCUT2D eigenvalue weighted by Gasteiger charge is 2.21. The van der Waals surface area contributed by atoms with Gasteiger partial charge in [-0.1, -0.05) is 48.2 Å². The van der Waals surface area contributed by atoms with E-state index in [1.54, 1.807) is 4.57 Å². The summed E-state index contributed by atoms with van der Waals surface area (Å²) in [5.74, 6) is 0.651. The molecular weight excluding hydrogens is 470 g/mol. The van der Waals surface area contributed by atoms with Gasteiger partial charge in [0.1, 0.15) is 0 Å². The van der Waals surface area contributed by atoms with Crippen molar-refractivity contribution >= 4 is 34.2 Å². The zero-order valence-corrected chi connectivity index (χ0v) is 21.6. The predicted molar refractivity (Wildman–Crippen MR) is 145 cm³/mol. The van der Waals surface area contributed by atoms with Crippen LogP contribution in [0.1, 0.15) is 32.9 Å². The van der Waals surface area contributed by atoms with Crippen molar-refractivity contribution in [2.75, 3.05) is 5.75 Å². The van der Waals surface area contributed by atoms with Crippen LogP contribution in [-0.4, -0.2) is 35.3 Å². The summed E-state index contributed by atoms with van der Waals surface area (Å²) < 4.78 is 5.59. The average Bonchev–Trinajstić information content (AvgIpc) is 3.41. The highest BCUT2D eigenvalue weighted by molar-refractivity contribution is 7.99. The highest BCUT2D eigenvalue weighted by atomic mass is 32.2. The number of fused-ring (bicyclic) bond motifs is 3. The first-order valence-electron chi connectivity index (χ1n) is 11.7. The number of aryl methyl sites for hydroxylation is 3. The first-order chi connectivity index (χ1) is 17.3. The molecule has 36 heavy (non-hydrogen) atoms. The van der Waals surface area contributed by atoms with E-state index in [1.807, 2.05) is 86.7 Å². The molecule has 2 aromatic carbocycles. The number of thioether (sulfide) groups is 1.